The first-order valence-electron chi connectivity index (χ1n) is 6.68. The molecule has 3 rings (SSSR count). The van der Waals surface area contributed by atoms with E-state index in [0.717, 1.165) is 22.2 Å². The minimum Gasteiger partial charge on any atom is -0.494 e. The molecule has 0 unspecified atom stereocenters. The first-order chi connectivity index (χ1) is 10.8. The van der Waals surface area contributed by atoms with Crippen molar-refractivity contribution < 1.29 is 9.53 Å². The molecule has 0 fully saturated rings. The summed E-state index contributed by atoms with van der Waals surface area (Å²) < 4.78 is 9.27. The Morgan fingerprint density at radius 2 is 2.09 bits per heavy atom. The van der Waals surface area contributed by atoms with E-state index < -0.39 is 0 Å². The number of nitrogens with one attached hydrogen (secondary N) is 1. The maximum atomic E-state index is 12.4. The van der Waals surface area contributed by atoms with Crippen LogP contribution in [0.1, 0.15) is 16.6 Å². The first-order valence-corrected chi connectivity index (χ1v) is 8.33. The van der Waals surface area contributed by atoms with Gasteiger partial charge >= 0.3 is 0 Å². The van der Waals surface area contributed by atoms with Gasteiger partial charge in [-0.15, -0.1) is 16.4 Å². The molecule has 0 aliphatic heterocycles. The van der Waals surface area contributed by atoms with Gasteiger partial charge in [0.1, 0.15) is 16.3 Å². The predicted octanol–water partition coefficient (Wildman–Crippen LogP) is 3.92. The van der Waals surface area contributed by atoms with Crippen LogP contribution in [-0.4, -0.2) is 22.1 Å². The van der Waals surface area contributed by atoms with Gasteiger partial charge in [-0.2, -0.15) is 0 Å². The van der Waals surface area contributed by atoms with E-state index in [1.165, 1.54) is 11.3 Å². The number of ether oxygens (including phenoxy) is 1. The number of thiophene rings is 1. The van der Waals surface area contributed by atoms with Crippen molar-refractivity contribution in [3.63, 3.8) is 0 Å². The third-order valence-electron chi connectivity index (χ3n) is 2.87. The smallest absolute Gasteiger partial charge is 0.269 e. The highest BCUT2D eigenvalue weighted by Gasteiger charge is 2.18. The summed E-state index contributed by atoms with van der Waals surface area (Å²) in [5.74, 6) is 0.571. The molecular weight excluding hydrogens is 318 g/mol. The van der Waals surface area contributed by atoms with Gasteiger partial charge in [0, 0.05) is 5.69 Å². The number of benzene rings is 1. The van der Waals surface area contributed by atoms with Crippen molar-refractivity contribution in [2.75, 3.05) is 11.9 Å². The summed E-state index contributed by atoms with van der Waals surface area (Å²) in [7, 11) is 0. The van der Waals surface area contributed by atoms with Crippen molar-refractivity contribution >= 4 is 34.5 Å². The maximum Gasteiger partial charge on any atom is 0.269 e. The van der Waals surface area contributed by atoms with E-state index in [-0.39, 0.29) is 5.91 Å². The van der Waals surface area contributed by atoms with Crippen LogP contribution in [0.3, 0.4) is 0 Å². The molecule has 1 aromatic carbocycles. The zero-order chi connectivity index (χ0) is 15.4. The molecule has 0 aliphatic carbocycles. The molecule has 0 saturated heterocycles. The van der Waals surface area contributed by atoms with Gasteiger partial charge in [0.2, 0.25) is 0 Å². The van der Waals surface area contributed by atoms with E-state index >= 15 is 0 Å². The highest BCUT2D eigenvalue weighted by Crippen LogP contribution is 2.28. The summed E-state index contributed by atoms with van der Waals surface area (Å²) >= 11 is 2.63. The van der Waals surface area contributed by atoms with Crippen LogP contribution in [0.2, 0.25) is 0 Å². The van der Waals surface area contributed by atoms with Crippen molar-refractivity contribution in [1.82, 2.24) is 9.59 Å². The van der Waals surface area contributed by atoms with Gasteiger partial charge in [-0.05, 0) is 54.2 Å². The van der Waals surface area contributed by atoms with Gasteiger partial charge in [0.05, 0.1) is 11.5 Å². The molecule has 1 N–H and O–H groups in total. The zero-order valence-electron chi connectivity index (χ0n) is 11.8. The fourth-order valence-electron chi connectivity index (χ4n) is 1.90. The maximum absolute atomic E-state index is 12.4. The summed E-state index contributed by atoms with van der Waals surface area (Å²) in [6, 6.07) is 11.1. The molecule has 22 heavy (non-hydrogen) atoms. The van der Waals surface area contributed by atoms with Crippen LogP contribution in [0.25, 0.3) is 10.6 Å². The Balaban J connectivity index is 1.76. The second-order valence-electron chi connectivity index (χ2n) is 4.34. The Labute approximate surface area is 135 Å². The molecule has 112 valence electrons. The van der Waals surface area contributed by atoms with Gasteiger partial charge < -0.3 is 10.1 Å². The van der Waals surface area contributed by atoms with Crippen LogP contribution < -0.4 is 10.1 Å². The number of carbonyl (C=O) groups excluding carboxylic acids is 1. The van der Waals surface area contributed by atoms with Crippen LogP contribution in [0.15, 0.2) is 41.8 Å². The number of aromatic nitrogens is 2. The second kappa shape index (κ2) is 6.67. The molecule has 2 aromatic heterocycles. The molecular formula is C15H13N3O2S2. The minimum absolute atomic E-state index is 0.206. The molecule has 0 atom stereocenters. The fourth-order valence-corrected chi connectivity index (χ4v) is 3.26. The molecule has 0 aliphatic rings. The van der Waals surface area contributed by atoms with Crippen molar-refractivity contribution in [2.45, 2.75) is 6.92 Å². The quantitative estimate of drug-likeness (QED) is 0.769. The Kier molecular flexibility index (Phi) is 4.45. The molecule has 0 bridgehead atoms. The number of carbonyl (C=O) groups is 1. The monoisotopic (exact) mass is 331 g/mol. The SMILES string of the molecule is CCOc1ccc(NC(=O)c2snnc2-c2cccs2)cc1. The van der Waals surface area contributed by atoms with E-state index in [2.05, 4.69) is 14.9 Å². The van der Waals surface area contributed by atoms with Crippen LogP contribution in [0, 0.1) is 0 Å². The molecule has 7 heteroatoms. The molecule has 3 aromatic rings. The van der Waals surface area contributed by atoms with Gasteiger partial charge in [-0.3, -0.25) is 4.79 Å². The molecule has 0 spiro atoms. The lowest BCUT2D eigenvalue weighted by atomic mass is 10.2. The largest absolute Gasteiger partial charge is 0.494 e. The molecule has 1 amide bonds. The Morgan fingerprint density at radius 1 is 1.27 bits per heavy atom. The van der Waals surface area contributed by atoms with Crippen molar-refractivity contribution in [3.05, 3.63) is 46.7 Å². The second-order valence-corrected chi connectivity index (χ2v) is 6.04. The third kappa shape index (κ3) is 3.15. The fraction of sp³-hybridized carbons (Fsp3) is 0.133. The minimum atomic E-state index is -0.206. The van der Waals surface area contributed by atoms with Crippen LogP contribution >= 0.6 is 22.9 Å². The predicted molar refractivity (Wildman–Crippen MR) is 88.8 cm³/mol. The van der Waals surface area contributed by atoms with Crippen LogP contribution in [0.4, 0.5) is 5.69 Å². The van der Waals surface area contributed by atoms with E-state index in [1.807, 2.05) is 48.7 Å². The Morgan fingerprint density at radius 3 is 2.77 bits per heavy atom. The Hall–Kier alpha value is -2.25. The summed E-state index contributed by atoms with van der Waals surface area (Å²) in [5.41, 5.74) is 1.34. The van der Waals surface area contributed by atoms with Crippen molar-refractivity contribution in [2.24, 2.45) is 0 Å². The van der Waals surface area contributed by atoms with E-state index in [1.54, 1.807) is 0 Å². The number of nitrogens with zero attached hydrogens (tertiary/aromatic N) is 2. The lowest BCUT2D eigenvalue weighted by Gasteiger charge is -2.06. The van der Waals surface area contributed by atoms with Gasteiger partial charge in [0.25, 0.3) is 5.91 Å². The molecule has 0 saturated carbocycles. The van der Waals surface area contributed by atoms with E-state index in [4.69, 9.17) is 4.74 Å². The molecule has 5 nitrogen and oxygen atoms in total. The number of hydrogen-bond acceptors (Lipinski definition) is 6. The summed E-state index contributed by atoms with van der Waals surface area (Å²) in [5, 5.41) is 8.86. The third-order valence-corrected chi connectivity index (χ3v) is 4.47. The van der Waals surface area contributed by atoms with Crippen molar-refractivity contribution in [3.8, 4) is 16.3 Å². The highest BCUT2D eigenvalue weighted by atomic mass is 32.1. The standard InChI is InChI=1S/C15H13N3O2S2/c1-2-20-11-7-5-10(6-8-11)16-15(19)14-13(17-18-22-14)12-4-3-9-21-12/h3-9H,2H2,1H3,(H,16,19). The number of anilines is 1. The first kappa shape index (κ1) is 14.7. The lowest BCUT2D eigenvalue weighted by Crippen LogP contribution is -2.11. The summed E-state index contributed by atoms with van der Waals surface area (Å²) in [6.07, 6.45) is 0. The lowest BCUT2D eigenvalue weighted by molar-refractivity contribution is 0.103. The van der Waals surface area contributed by atoms with Gasteiger partial charge in [0.15, 0.2) is 0 Å². The van der Waals surface area contributed by atoms with Gasteiger partial charge in [-0.25, -0.2) is 0 Å². The Bertz CT molecular complexity index is 751. The summed E-state index contributed by atoms with van der Waals surface area (Å²) in [4.78, 5) is 13.8. The van der Waals surface area contributed by atoms with Crippen molar-refractivity contribution in [1.29, 1.82) is 0 Å². The average Bonchev–Trinajstić information content (AvgIpc) is 3.20. The normalized spacial score (nSPS) is 10.4. The topological polar surface area (TPSA) is 64.1 Å². The number of rotatable bonds is 5. The zero-order valence-corrected chi connectivity index (χ0v) is 13.4. The van der Waals surface area contributed by atoms with E-state index in [0.29, 0.717) is 22.9 Å². The number of hydrogen-bond donors (Lipinski definition) is 1. The summed E-state index contributed by atoms with van der Waals surface area (Å²) in [6.45, 7) is 2.54. The van der Waals surface area contributed by atoms with Gasteiger partial charge in [-0.1, -0.05) is 10.6 Å². The highest BCUT2D eigenvalue weighted by molar-refractivity contribution is 7.14. The van der Waals surface area contributed by atoms with E-state index in [9.17, 15) is 4.79 Å². The molecule has 0 radical (unpaired) electrons. The number of amides is 1. The molecule has 2 heterocycles. The van der Waals surface area contributed by atoms with Crippen LogP contribution in [0.5, 0.6) is 5.75 Å². The average molecular weight is 331 g/mol. The van der Waals surface area contributed by atoms with Crippen LogP contribution in [-0.2, 0) is 0 Å².